The Morgan fingerprint density at radius 1 is 1.46 bits per heavy atom. The Hall–Kier alpha value is -1.38. The van der Waals surface area contributed by atoms with Crippen LogP contribution in [0.4, 0.5) is 0 Å². The van der Waals surface area contributed by atoms with Crippen LogP contribution in [-0.2, 0) is 23.4 Å². The van der Waals surface area contributed by atoms with Crippen molar-refractivity contribution in [2.75, 3.05) is 32.9 Å². The quantitative estimate of drug-likeness (QED) is 0.774. The van der Waals surface area contributed by atoms with Crippen LogP contribution < -0.4 is 10.9 Å². The number of H-pyrrole nitrogens is 1. The van der Waals surface area contributed by atoms with Gasteiger partial charge in [0.2, 0.25) is 5.91 Å². The lowest BCUT2D eigenvalue weighted by atomic mass is 10.2. The van der Waals surface area contributed by atoms with E-state index in [-0.39, 0.29) is 11.5 Å². The van der Waals surface area contributed by atoms with Gasteiger partial charge >= 0.3 is 0 Å². The van der Waals surface area contributed by atoms with Gasteiger partial charge in [-0.3, -0.25) is 9.59 Å². The molecule has 2 heterocycles. The van der Waals surface area contributed by atoms with Gasteiger partial charge in [-0.1, -0.05) is 0 Å². The van der Waals surface area contributed by atoms with E-state index in [0.717, 1.165) is 36.0 Å². The lowest BCUT2D eigenvalue weighted by molar-refractivity contribution is -0.127. The molecular weight excluding hydrogens is 344 g/mol. The van der Waals surface area contributed by atoms with Crippen LogP contribution in [0, 0.1) is 0 Å². The second-order valence-corrected chi connectivity index (χ2v) is 8.03. The second kappa shape index (κ2) is 7.67. The van der Waals surface area contributed by atoms with E-state index in [9.17, 15) is 9.59 Å². The van der Waals surface area contributed by atoms with Crippen molar-refractivity contribution in [3.8, 4) is 0 Å². The number of nitrogens with one attached hydrogen (secondary N) is 2. The molecule has 0 atom stereocenters. The molecule has 0 aromatic carbocycles. The van der Waals surface area contributed by atoms with Gasteiger partial charge in [-0.05, 0) is 31.9 Å². The molecule has 2 aromatic heterocycles. The average Bonchev–Trinajstić information content (AvgIpc) is 3.12. The molecule has 0 saturated carbocycles. The summed E-state index contributed by atoms with van der Waals surface area (Å²) >= 11 is 3.13. The Balaban J connectivity index is 1.62. The molecule has 0 unspecified atom stereocenters. The van der Waals surface area contributed by atoms with E-state index in [1.54, 1.807) is 23.3 Å². The highest BCUT2D eigenvalue weighted by Crippen LogP contribution is 2.34. The highest BCUT2D eigenvalue weighted by molar-refractivity contribution is 7.99. The topological polar surface area (TPSA) is 78.1 Å². The molecule has 0 saturated heterocycles. The predicted octanol–water partition coefficient (Wildman–Crippen LogP) is 1.38. The normalized spacial score (nSPS) is 13.4. The van der Waals surface area contributed by atoms with E-state index in [2.05, 4.69) is 15.3 Å². The number of thiophene rings is 1. The first kappa shape index (κ1) is 17.4. The molecule has 2 aromatic rings. The van der Waals surface area contributed by atoms with Gasteiger partial charge in [-0.2, -0.15) is 0 Å². The van der Waals surface area contributed by atoms with Gasteiger partial charge in [0.25, 0.3) is 5.56 Å². The maximum absolute atomic E-state index is 12.4. The SMILES string of the molecule is CNCCN(C)C(=O)CSCc1nc2sc3c(c2c(=O)[nH]1)CCC3. The number of thioether (sulfide) groups is 1. The van der Waals surface area contributed by atoms with Crippen molar-refractivity contribution in [3.05, 3.63) is 26.6 Å². The number of aromatic amines is 1. The van der Waals surface area contributed by atoms with Crippen LogP contribution in [0.5, 0.6) is 0 Å². The largest absolute Gasteiger partial charge is 0.344 e. The summed E-state index contributed by atoms with van der Waals surface area (Å²) in [5.41, 5.74) is 1.16. The molecule has 1 amide bonds. The fourth-order valence-corrected chi connectivity index (χ4v) is 4.97. The van der Waals surface area contributed by atoms with E-state index in [0.29, 0.717) is 23.9 Å². The molecule has 3 rings (SSSR count). The number of hydrogen-bond acceptors (Lipinski definition) is 6. The van der Waals surface area contributed by atoms with Crippen molar-refractivity contribution < 1.29 is 4.79 Å². The Labute approximate surface area is 149 Å². The van der Waals surface area contributed by atoms with Crippen molar-refractivity contribution >= 4 is 39.2 Å². The molecule has 24 heavy (non-hydrogen) atoms. The van der Waals surface area contributed by atoms with Crippen molar-refractivity contribution in [2.45, 2.75) is 25.0 Å². The van der Waals surface area contributed by atoms with Crippen molar-refractivity contribution in [1.29, 1.82) is 0 Å². The average molecular weight is 367 g/mol. The summed E-state index contributed by atoms with van der Waals surface area (Å²) in [5.74, 6) is 1.68. The molecule has 8 heteroatoms. The number of fused-ring (bicyclic) bond motifs is 3. The molecular formula is C16H22N4O2S2. The van der Waals surface area contributed by atoms with Gasteiger partial charge < -0.3 is 15.2 Å². The van der Waals surface area contributed by atoms with Crippen LogP contribution in [-0.4, -0.2) is 53.7 Å². The standard InChI is InChI=1S/C16H22N4O2S2/c1-17-6-7-20(2)13(21)9-23-8-12-18-15(22)14-10-4-3-5-11(10)24-16(14)19-12/h17H,3-9H2,1-2H3,(H,18,19,22). The zero-order chi connectivity index (χ0) is 17.1. The number of carbonyl (C=O) groups is 1. The molecule has 0 bridgehead atoms. The molecule has 0 aliphatic heterocycles. The lowest BCUT2D eigenvalue weighted by Gasteiger charge is -2.16. The van der Waals surface area contributed by atoms with Gasteiger partial charge in [0.15, 0.2) is 0 Å². The van der Waals surface area contributed by atoms with E-state index >= 15 is 0 Å². The van der Waals surface area contributed by atoms with E-state index in [4.69, 9.17) is 0 Å². The van der Waals surface area contributed by atoms with E-state index < -0.39 is 0 Å². The monoisotopic (exact) mass is 366 g/mol. The third kappa shape index (κ3) is 3.65. The maximum atomic E-state index is 12.4. The molecule has 1 aliphatic carbocycles. The number of likely N-dealkylation sites (N-methyl/N-ethyl adjacent to an activating group) is 2. The maximum Gasteiger partial charge on any atom is 0.259 e. The molecule has 130 valence electrons. The number of nitrogens with zero attached hydrogens (tertiary/aromatic N) is 2. The highest BCUT2D eigenvalue weighted by atomic mass is 32.2. The Bertz CT molecular complexity index is 799. The molecule has 0 spiro atoms. The van der Waals surface area contributed by atoms with Crippen LogP contribution in [0.15, 0.2) is 4.79 Å². The number of rotatable bonds is 7. The number of amides is 1. The van der Waals surface area contributed by atoms with Gasteiger partial charge in [0.1, 0.15) is 10.7 Å². The van der Waals surface area contributed by atoms with E-state index in [1.165, 1.54) is 22.2 Å². The zero-order valence-corrected chi connectivity index (χ0v) is 15.6. The minimum atomic E-state index is -0.0348. The third-order valence-electron chi connectivity index (χ3n) is 4.21. The fourth-order valence-electron chi connectivity index (χ4n) is 2.86. The van der Waals surface area contributed by atoms with Crippen molar-refractivity contribution in [3.63, 3.8) is 0 Å². The molecule has 1 aliphatic rings. The van der Waals surface area contributed by atoms with Gasteiger partial charge in [-0.15, -0.1) is 23.1 Å². The first-order chi connectivity index (χ1) is 11.6. The second-order valence-electron chi connectivity index (χ2n) is 5.96. The first-order valence-electron chi connectivity index (χ1n) is 8.10. The van der Waals surface area contributed by atoms with Gasteiger partial charge in [-0.25, -0.2) is 4.98 Å². The summed E-state index contributed by atoms with van der Waals surface area (Å²) in [5, 5.41) is 3.81. The zero-order valence-electron chi connectivity index (χ0n) is 14.0. The molecule has 0 radical (unpaired) electrons. The Morgan fingerprint density at radius 2 is 2.29 bits per heavy atom. The van der Waals surface area contributed by atoms with Crippen LogP contribution in [0.25, 0.3) is 10.2 Å². The summed E-state index contributed by atoms with van der Waals surface area (Å²) in [6.07, 6.45) is 3.19. The van der Waals surface area contributed by atoms with Crippen LogP contribution in [0.3, 0.4) is 0 Å². The number of aryl methyl sites for hydroxylation is 2. The summed E-state index contributed by atoms with van der Waals surface area (Å²) in [7, 11) is 3.67. The lowest BCUT2D eigenvalue weighted by Crippen LogP contribution is -2.33. The number of aromatic nitrogens is 2. The Morgan fingerprint density at radius 3 is 3.08 bits per heavy atom. The third-order valence-corrected chi connectivity index (χ3v) is 6.33. The summed E-state index contributed by atoms with van der Waals surface area (Å²) < 4.78 is 0. The van der Waals surface area contributed by atoms with Gasteiger partial charge in [0, 0.05) is 25.0 Å². The van der Waals surface area contributed by atoms with Crippen LogP contribution in [0.2, 0.25) is 0 Å². The van der Waals surface area contributed by atoms with E-state index in [1.807, 2.05) is 7.05 Å². The summed E-state index contributed by atoms with van der Waals surface area (Å²) in [6.45, 7) is 1.47. The number of carbonyl (C=O) groups excluding carboxylic acids is 1. The highest BCUT2D eigenvalue weighted by Gasteiger charge is 2.21. The minimum Gasteiger partial charge on any atom is -0.344 e. The van der Waals surface area contributed by atoms with Gasteiger partial charge in [0.05, 0.1) is 16.9 Å². The van der Waals surface area contributed by atoms with Crippen LogP contribution in [0.1, 0.15) is 22.7 Å². The molecule has 6 nitrogen and oxygen atoms in total. The number of hydrogen-bond donors (Lipinski definition) is 2. The predicted molar refractivity (Wildman–Crippen MR) is 100.0 cm³/mol. The first-order valence-corrected chi connectivity index (χ1v) is 10.1. The molecule has 0 fully saturated rings. The van der Waals surface area contributed by atoms with Crippen LogP contribution >= 0.6 is 23.1 Å². The molecule has 2 N–H and O–H groups in total. The fraction of sp³-hybridized carbons (Fsp3) is 0.562. The Kier molecular flexibility index (Phi) is 5.57. The summed E-state index contributed by atoms with van der Waals surface area (Å²) in [4.78, 5) is 35.7. The smallest absolute Gasteiger partial charge is 0.259 e. The summed E-state index contributed by atoms with van der Waals surface area (Å²) in [6, 6.07) is 0. The minimum absolute atomic E-state index is 0.0348. The van der Waals surface area contributed by atoms with Crippen molar-refractivity contribution in [2.24, 2.45) is 0 Å². The van der Waals surface area contributed by atoms with Crippen molar-refractivity contribution in [1.82, 2.24) is 20.2 Å².